The van der Waals surface area contributed by atoms with Crippen LogP contribution in [0.25, 0.3) is 0 Å². The number of carbonyl (C=O) groups excluding carboxylic acids is 2. The second-order valence-electron chi connectivity index (χ2n) is 11.0. The van der Waals surface area contributed by atoms with Crippen molar-refractivity contribution in [2.75, 3.05) is 10.8 Å². The monoisotopic (exact) mass is 693 g/mol. The number of aryl methyl sites for hydroxylation is 1. The number of amides is 2. The zero-order chi connectivity index (χ0) is 32.6. The van der Waals surface area contributed by atoms with Crippen molar-refractivity contribution in [2.45, 2.75) is 57.1 Å². The van der Waals surface area contributed by atoms with E-state index in [9.17, 15) is 22.4 Å². The van der Waals surface area contributed by atoms with Gasteiger partial charge in [0.1, 0.15) is 18.4 Å². The molecule has 0 unspecified atom stereocenters. The van der Waals surface area contributed by atoms with Gasteiger partial charge in [-0.1, -0.05) is 83.0 Å². The van der Waals surface area contributed by atoms with Gasteiger partial charge in [0.05, 0.1) is 10.6 Å². The Morgan fingerprint density at radius 2 is 1.53 bits per heavy atom. The highest BCUT2D eigenvalue weighted by Gasteiger charge is 2.35. The van der Waals surface area contributed by atoms with Crippen LogP contribution in [0.4, 0.5) is 10.1 Å². The summed E-state index contributed by atoms with van der Waals surface area (Å²) >= 11 is 3.48. The molecule has 236 valence electrons. The highest BCUT2D eigenvalue weighted by Crippen LogP contribution is 2.26. The molecule has 7 nitrogen and oxygen atoms in total. The van der Waals surface area contributed by atoms with Crippen LogP contribution in [-0.2, 0) is 32.6 Å². The third-order valence-corrected chi connectivity index (χ3v) is 9.80. The van der Waals surface area contributed by atoms with E-state index in [-0.39, 0.29) is 35.5 Å². The third kappa shape index (κ3) is 9.02. The van der Waals surface area contributed by atoms with Crippen molar-refractivity contribution in [3.63, 3.8) is 0 Å². The molecule has 0 aromatic heterocycles. The molecule has 2 atom stereocenters. The van der Waals surface area contributed by atoms with Gasteiger partial charge in [-0.3, -0.25) is 13.9 Å². The van der Waals surface area contributed by atoms with Crippen LogP contribution >= 0.6 is 15.9 Å². The van der Waals surface area contributed by atoms with Crippen LogP contribution in [0.3, 0.4) is 0 Å². The van der Waals surface area contributed by atoms with Gasteiger partial charge in [-0.15, -0.1) is 0 Å². The van der Waals surface area contributed by atoms with E-state index in [0.29, 0.717) is 6.42 Å². The molecule has 45 heavy (non-hydrogen) atoms. The number of anilines is 1. The molecule has 2 amide bonds. The summed E-state index contributed by atoms with van der Waals surface area (Å²) in [4.78, 5) is 29.8. The van der Waals surface area contributed by atoms with Crippen molar-refractivity contribution in [1.82, 2.24) is 10.2 Å². The molecule has 0 bridgehead atoms. The van der Waals surface area contributed by atoms with E-state index in [4.69, 9.17) is 0 Å². The average Bonchev–Trinajstić information content (AvgIpc) is 3.02. The summed E-state index contributed by atoms with van der Waals surface area (Å²) in [5.41, 5.74) is 2.59. The van der Waals surface area contributed by atoms with Gasteiger partial charge in [-0.2, -0.15) is 0 Å². The van der Waals surface area contributed by atoms with Crippen molar-refractivity contribution in [1.29, 1.82) is 0 Å². The zero-order valence-electron chi connectivity index (χ0n) is 25.5. The van der Waals surface area contributed by atoms with Crippen LogP contribution in [0, 0.1) is 12.7 Å². The molecular weight excluding hydrogens is 657 g/mol. The Morgan fingerprint density at radius 3 is 2.16 bits per heavy atom. The van der Waals surface area contributed by atoms with E-state index in [2.05, 4.69) is 21.2 Å². The summed E-state index contributed by atoms with van der Waals surface area (Å²) in [6.07, 6.45) is 0.903. The molecule has 0 spiro atoms. The van der Waals surface area contributed by atoms with Crippen molar-refractivity contribution < 1.29 is 22.4 Å². The Balaban J connectivity index is 1.80. The van der Waals surface area contributed by atoms with Crippen molar-refractivity contribution in [2.24, 2.45) is 0 Å². The first-order valence-corrected chi connectivity index (χ1v) is 16.9. The van der Waals surface area contributed by atoms with Gasteiger partial charge >= 0.3 is 0 Å². The normalized spacial score (nSPS) is 12.6. The maximum atomic E-state index is 14.5. The van der Waals surface area contributed by atoms with Gasteiger partial charge in [0.25, 0.3) is 10.0 Å². The lowest BCUT2D eigenvalue weighted by Crippen LogP contribution is -2.54. The highest BCUT2D eigenvalue weighted by atomic mass is 79.9. The summed E-state index contributed by atoms with van der Waals surface area (Å²) in [6, 6.07) is 26.9. The fourth-order valence-corrected chi connectivity index (χ4v) is 6.66. The summed E-state index contributed by atoms with van der Waals surface area (Å²) in [5.74, 6) is -1.47. The van der Waals surface area contributed by atoms with Gasteiger partial charge in [0.2, 0.25) is 11.8 Å². The fourth-order valence-electron chi connectivity index (χ4n) is 4.80. The fraction of sp³-hybridized carbons (Fsp3) is 0.257. The van der Waals surface area contributed by atoms with Crippen LogP contribution < -0.4 is 9.62 Å². The van der Waals surface area contributed by atoms with Gasteiger partial charge in [0, 0.05) is 23.5 Å². The molecule has 4 aromatic rings. The molecule has 0 saturated carbocycles. The number of nitrogens with one attached hydrogen (secondary N) is 1. The second kappa shape index (κ2) is 15.3. The van der Waals surface area contributed by atoms with Crippen molar-refractivity contribution >= 4 is 43.5 Å². The lowest BCUT2D eigenvalue weighted by Gasteiger charge is -2.34. The van der Waals surface area contributed by atoms with E-state index in [0.717, 1.165) is 37.6 Å². The molecule has 0 saturated heterocycles. The summed E-state index contributed by atoms with van der Waals surface area (Å²) in [6.45, 7) is 5.12. The zero-order valence-corrected chi connectivity index (χ0v) is 27.9. The molecule has 0 heterocycles. The minimum atomic E-state index is -4.26. The number of hydrogen-bond acceptors (Lipinski definition) is 4. The van der Waals surface area contributed by atoms with Crippen LogP contribution in [0.1, 0.15) is 37.0 Å². The first kappa shape index (κ1) is 33.9. The molecule has 10 heteroatoms. The molecule has 0 radical (unpaired) electrons. The Kier molecular flexibility index (Phi) is 11.5. The predicted octanol–water partition coefficient (Wildman–Crippen LogP) is 6.65. The second-order valence-corrected chi connectivity index (χ2v) is 13.8. The molecule has 4 rings (SSSR count). The first-order chi connectivity index (χ1) is 21.5. The van der Waals surface area contributed by atoms with E-state index in [1.165, 1.54) is 29.2 Å². The molecule has 0 aliphatic heterocycles. The van der Waals surface area contributed by atoms with E-state index in [1.54, 1.807) is 12.1 Å². The summed E-state index contributed by atoms with van der Waals surface area (Å²) < 4.78 is 43.8. The molecule has 0 aliphatic rings. The Bertz CT molecular complexity index is 1700. The number of halogens is 2. The quantitative estimate of drug-likeness (QED) is 0.170. The van der Waals surface area contributed by atoms with Gasteiger partial charge in [-0.05, 0) is 79.9 Å². The number of sulfonamides is 1. The maximum absolute atomic E-state index is 14.5. The Labute approximate surface area is 273 Å². The summed E-state index contributed by atoms with van der Waals surface area (Å²) in [5, 5.41) is 3.02. The van der Waals surface area contributed by atoms with Crippen molar-refractivity contribution in [3.05, 3.63) is 130 Å². The van der Waals surface area contributed by atoms with Gasteiger partial charge in [0.15, 0.2) is 0 Å². The standard InChI is InChI=1S/C35H37BrFN3O4S/c1-4-26(3)38-35(42)33(22-27-9-6-5-7-10-27)39(23-28-11-8-12-29(36)21-28)34(41)24-40(31-17-15-30(37)16-18-31)45(43,44)32-19-13-25(2)14-20-32/h5-21,26,33H,4,22-24H2,1-3H3,(H,38,42)/t26-,33+/m1/s1. The van der Waals surface area contributed by atoms with Gasteiger partial charge < -0.3 is 10.2 Å². The number of rotatable bonds is 13. The highest BCUT2D eigenvalue weighted by molar-refractivity contribution is 9.10. The minimum absolute atomic E-state index is 0.0147. The van der Waals surface area contributed by atoms with Crippen LogP contribution in [0.5, 0.6) is 0 Å². The average molecular weight is 695 g/mol. The molecular formula is C35H37BrFN3O4S. The van der Waals surface area contributed by atoms with Crippen LogP contribution in [-0.4, -0.2) is 43.8 Å². The third-order valence-electron chi connectivity index (χ3n) is 7.52. The smallest absolute Gasteiger partial charge is 0.264 e. The number of hydrogen-bond donors (Lipinski definition) is 1. The molecule has 0 fully saturated rings. The Morgan fingerprint density at radius 1 is 0.889 bits per heavy atom. The molecule has 0 aliphatic carbocycles. The van der Waals surface area contributed by atoms with Crippen LogP contribution in [0.2, 0.25) is 0 Å². The summed E-state index contributed by atoms with van der Waals surface area (Å²) in [7, 11) is -4.26. The Hall–Kier alpha value is -4.02. The number of nitrogens with zero attached hydrogens (tertiary/aromatic N) is 2. The van der Waals surface area contributed by atoms with E-state index in [1.807, 2.05) is 75.4 Å². The lowest BCUT2D eigenvalue weighted by atomic mass is 10.0. The van der Waals surface area contributed by atoms with E-state index >= 15 is 0 Å². The van der Waals surface area contributed by atoms with Crippen LogP contribution in [0.15, 0.2) is 112 Å². The topological polar surface area (TPSA) is 86.8 Å². The SMILES string of the molecule is CC[C@@H](C)NC(=O)[C@H](Cc1ccccc1)N(Cc1cccc(Br)c1)C(=O)CN(c1ccc(F)cc1)S(=O)(=O)c1ccc(C)cc1. The predicted molar refractivity (Wildman–Crippen MR) is 179 cm³/mol. The minimum Gasteiger partial charge on any atom is -0.352 e. The molecule has 1 N–H and O–H groups in total. The molecule has 4 aromatic carbocycles. The van der Waals surface area contributed by atoms with E-state index < -0.39 is 34.3 Å². The largest absolute Gasteiger partial charge is 0.352 e. The number of carbonyl (C=O) groups is 2. The number of benzene rings is 4. The maximum Gasteiger partial charge on any atom is 0.264 e. The first-order valence-electron chi connectivity index (χ1n) is 14.7. The lowest BCUT2D eigenvalue weighted by molar-refractivity contribution is -0.140. The van der Waals surface area contributed by atoms with Gasteiger partial charge in [-0.25, -0.2) is 12.8 Å². The van der Waals surface area contributed by atoms with Crippen molar-refractivity contribution in [3.8, 4) is 0 Å².